The van der Waals surface area contributed by atoms with E-state index >= 15 is 0 Å². The molecule has 0 saturated heterocycles. The molecule has 0 aliphatic rings. The van der Waals surface area contributed by atoms with Crippen molar-refractivity contribution >= 4 is 5.95 Å². The second-order valence-electron chi connectivity index (χ2n) is 3.71. The van der Waals surface area contributed by atoms with Crippen molar-refractivity contribution in [3.05, 3.63) is 0 Å². The summed E-state index contributed by atoms with van der Waals surface area (Å²) in [5, 5.41) is 10.9. The first-order chi connectivity index (χ1) is 5.55. The Morgan fingerprint density at radius 3 is 2.58 bits per heavy atom. The quantitative estimate of drug-likeness (QED) is 0.722. The zero-order valence-electron chi connectivity index (χ0n) is 7.78. The Balaban J connectivity index is 2.70. The Hall–Kier alpha value is -1.13. The molecule has 1 rings (SSSR count). The van der Waals surface area contributed by atoms with E-state index < -0.39 is 0 Å². The van der Waals surface area contributed by atoms with Gasteiger partial charge in [0.25, 0.3) is 0 Å². The summed E-state index contributed by atoms with van der Waals surface area (Å²) in [5.41, 5.74) is 5.73. The molecule has 0 fully saturated rings. The van der Waals surface area contributed by atoms with Crippen molar-refractivity contribution in [3.63, 3.8) is 0 Å². The van der Waals surface area contributed by atoms with E-state index in [1.165, 1.54) is 0 Å². The second kappa shape index (κ2) is 3.08. The van der Waals surface area contributed by atoms with Gasteiger partial charge in [0.1, 0.15) is 0 Å². The molecule has 0 spiro atoms. The van der Waals surface area contributed by atoms with Gasteiger partial charge in [0, 0.05) is 0 Å². The summed E-state index contributed by atoms with van der Waals surface area (Å²) in [7, 11) is 0. The van der Waals surface area contributed by atoms with Gasteiger partial charge in [-0.25, -0.2) is 4.68 Å². The lowest BCUT2D eigenvalue weighted by Crippen LogP contribution is -2.20. The average molecular weight is 169 g/mol. The predicted octanol–water partition coefficient (Wildman–Crippen LogP) is 0.691. The zero-order chi connectivity index (χ0) is 9.19. The second-order valence-corrected chi connectivity index (χ2v) is 3.71. The molecule has 2 N–H and O–H groups in total. The molecule has 0 saturated carbocycles. The maximum Gasteiger partial charge on any atom is 0.240 e. The lowest BCUT2D eigenvalue weighted by molar-refractivity contribution is 0.279. The molecule has 5 heteroatoms. The van der Waals surface area contributed by atoms with Crippen LogP contribution in [-0.2, 0) is 6.54 Å². The molecular formula is C7H15N5. The summed E-state index contributed by atoms with van der Waals surface area (Å²) in [6.07, 6.45) is 1.08. The standard InChI is InChI=1S/C7H15N5/c1-4-7(2,3)5-12-6(8)9-10-11-12/h4-5H2,1-3H3,(H2,8,9,11). The smallest absolute Gasteiger partial charge is 0.240 e. The van der Waals surface area contributed by atoms with Crippen molar-refractivity contribution in [3.8, 4) is 0 Å². The number of anilines is 1. The Morgan fingerprint density at radius 2 is 2.17 bits per heavy atom. The van der Waals surface area contributed by atoms with E-state index in [9.17, 15) is 0 Å². The van der Waals surface area contributed by atoms with Crippen LogP contribution in [0.1, 0.15) is 27.2 Å². The highest BCUT2D eigenvalue weighted by atomic mass is 15.6. The van der Waals surface area contributed by atoms with Crippen LogP contribution < -0.4 is 5.73 Å². The van der Waals surface area contributed by atoms with Crippen LogP contribution in [0.25, 0.3) is 0 Å². The number of tetrazole rings is 1. The summed E-state index contributed by atoms with van der Waals surface area (Å²) in [4.78, 5) is 0. The third kappa shape index (κ3) is 1.93. The molecule has 0 aliphatic heterocycles. The molecule has 1 aromatic heterocycles. The van der Waals surface area contributed by atoms with Crippen LogP contribution in [0.4, 0.5) is 5.95 Å². The van der Waals surface area contributed by atoms with Crippen molar-refractivity contribution in [1.29, 1.82) is 0 Å². The van der Waals surface area contributed by atoms with Gasteiger partial charge in [-0.1, -0.05) is 25.9 Å². The van der Waals surface area contributed by atoms with Gasteiger partial charge >= 0.3 is 0 Å². The first kappa shape index (κ1) is 8.96. The van der Waals surface area contributed by atoms with Crippen molar-refractivity contribution in [2.75, 3.05) is 5.73 Å². The molecule has 0 bridgehead atoms. The molecule has 0 amide bonds. The van der Waals surface area contributed by atoms with E-state index in [0.717, 1.165) is 13.0 Å². The first-order valence-electron chi connectivity index (χ1n) is 4.07. The van der Waals surface area contributed by atoms with E-state index in [0.29, 0.717) is 5.95 Å². The summed E-state index contributed by atoms with van der Waals surface area (Å²) in [6, 6.07) is 0. The third-order valence-corrected chi connectivity index (χ3v) is 2.09. The van der Waals surface area contributed by atoms with E-state index in [2.05, 4.69) is 36.3 Å². The summed E-state index contributed by atoms with van der Waals surface area (Å²) in [6.45, 7) is 7.23. The number of hydrogen-bond donors (Lipinski definition) is 1. The fourth-order valence-corrected chi connectivity index (χ4v) is 0.841. The van der Waals surface area contributed by atoms with E-state index in [1.54, 1.807) is 4.68 Å². The molecule has 68 valence electrons. The van der Waals surface area contributed by atoms with Gasteiger partial charge < -0.3 is 5.73 Å². The topological polar surface area (TPSA) is 69.6 Å². The predicted molar refractivity (Wildman–Crippen MR) is 46.3 cm³/mol. The number of hydrogen-bond acceptors (Lipinski definition) is 4. The zero-order valence-corrected chi connectivity index (χ0v) is 7.78. The number of nitrogen functional groups attached to an aromatic ring is 1. The van der Waals surface area contributed by atoms with Gasteiger partial charge in [0.15, 0.2) is 0 Å². The Morgan fingerprint density at radius 1 is 1.50 bits per heavy atom. The summed E-state index contributed by atoms with van der Waals surface area (Å²) >= 11 is 0. The lowest BCUT2D eigenvalue weighted by Gasteiger charge is -2.21. The minimum Gasteiger partial charge on any atom is -0.367 e. The number of rotatable bonds is 3. The van der Waals surface area contributed by atoms with Crippen molar-refractivity contribution in [1.82, 2.24) is 20.2 Å². The number of aromatic nitrogens is 4. The van der Waals surface area contributed by atoms with Gasteiger partial charge in [-0.2, -0.15) is 0 Å². The summed E-state index contributed by atoms with van der Waals surface area (Å²) < 4.78 is 1.63. The third-order valence-electron chi connectivity index (χ3n) is 2.09. The fourth-order valence-electron chi connectivity index (χ4n) is 0.841. The molecule has 0 atom stereocenters. The van der Waals surface area contributed by atoms with E-state index in [1.807, 2.05) is 0 Å². The van der Waals surface area contributed by atoms with Crippen molar-refractivity contribution < 1.29 is 0 Å². The van der Waals surface area contributed by atoms with Crippen LogP contribution >= 0.6 is 0 Å². The highest BCUT2D eigenvalue weighted by molar-refractivity contribution is 5.10. The van der Waals surface area contributed by atoms with Gasteiger partial charge in [0.05, 0.1) is 6.54 Å². The highest BCUT2D eigenvalue weighted by Gasteiger charge is 2.17. The van der Waals surface area contributed by atoms with Gasteiger partial charge in [0.2, 0.25) is 5.95 Å². The van der Waals surface area contributed by atoms with Crippen LogP contribution in [0.2, 0.25) is 0 Å². The molecule has 0 aliphatic carbocycles. The number of nitrogens with two attached hydrogens (primary N) is 1. The van der Waals surface area contributed by atoms with Crippen molar-refractivity contribution in [2.45, 2.75) is 33.7 Å². The largest absolute Gasteiger partial charge is 0.367 e. The average Bonchev–Trinajstić information content (AvgIpc) is 2.36. The lowest BCUT2D eigenvalue weighted by atomic mass is 9.90. The van der Waals surface area contributed by atoms with Crippen LogP contribution in [0.3, 0.4) is 0 Å². The van der Waals surface area contributed by atoms with E-state index in [4.69, 9.17) is 5.73 Å². The monoisotopic (exact) mass is 169 g/mol. The summed E-state index contributed by atoms with van der Waals surface area (Å²) in [5.74, 6) is 0.386. The molecule has 1 aromatic rings. The van der Waals surface area contributed by atoms with Crippen LogP contribution in [0, 0.1) is 5.41 Å². The van der Waals surface area contributed by atoms with Gasteiger partial charge in [-0.15, -0.1) is 0 Å². The first-order valence-corrected chi connectivity index (χ1v) is 4.07. The van der Waals surface area contributed by atoms with Crippen LogP contribution in [0.5, 0.6) is 0 Å². The normalized spacial score (nSPS) is 11.9. The SMILES string of the molecule is CCC(C)(C)Cn1nnnc1N. The molecule has 5 nitrogen and oxygen atoms in total. The highest BCUT2D eigenvalue weighted by Crippen LogP contribution is 2.22. The Labute approximate surface area is 71.9 Å². The molecule has 12 heavy (non-hydrogen) atoms. The van der Waals surface area contributed by atoms with Crippen molar-refractivity contribution in [2.24, 2.45) is 5.41 Å². The fraction of sp³-hybridized carbons (Fsp3) is 0.857. The van der Waals surface area contributed by atoms with Gasteiger partial charge in [-0.05, 0) is 22.3 Å². The Kier molecular flexibility index (Phi) is 2.30. The minimum atomic E-state index is 0.198. The maximum absolute atomic E-state index is 5.53. The molecular weight excluding hydrogens is 154 g/mol. The maximum atomic E-state index is 5.53. The van der Waals surface area contributed by atoms with Crippen LogP contribution in [-0.4, -0.2) is 20.2 Å². The molecule has 0 unspecified atom stereocenters. The minimum absolute atomic E-state index is 0.198. The Bertz CT molecular complexity index is 252. The van der Waals surface area contributed by atoms with Crippen LogP contribution in [0.15, 0.2) is 0 Å². The molecule has 1 heterocycles. The molecule has 0 radical (unpaired) electrons. The number of nitrogens with zero attached hydrogens (tertiary/aromatic N) is 4. The van der Waals surface area contributed by atoms with Gasteiger partial charge in [-0.3, -0.25) is 0 Å². The van der Waals surface area contributed by atoms with E-state index in [-0.39, 0.29) is 5.41 Å². The molecule has 0 aromatic carbocycles.